The molecule has 0 saturated heterocycles. The molecule has 0 fully saturated rings. The van der Waals surface area contributed by atoms with Gasteiger partial charge in [-0.1, -0.05) is 31.5 Å². The quantitative estimate of drug-likeness (QED) is 0.390. The summed E-state index contributed by atoms with van der Waals surface area (Å²) in [6.45, 7) is 6.59. The van der Waals surface area contributed by atoms with Crippen LogP contribution in [0.3, 0.4) is 0 Å². The van der Waals surface area contributed by atoms with Crippen LogP contribution < -0.4 is 20.9 Å². The lowest BCUT2D eigenvalue weighted by Crippen LogP contribution is -2.56. The second kappa shape index (κ2) is 9.67. The first-order chi connectivity index (χ1) is 12.4. The number of hydrazine groups is 1. The van der Waals surface area contributed by atoms with Crippen molar-refractivity contribution in [3.05, 3.63) is 29.3 Å². The number of hydrogen-bond donors (Lipinski definition) is 4. The zero-order valence-corrected chi connectivity index (χ0v) is 16.9. The molecular weight excluding hydrogens is 396 g/mol. The molecule has 4 N–H and O–H groups in total. The first kappa shape index (κ1) is 22.9. The zero-order chi connectivity index (χ0) is 20.8. The summed E-state index contributed by atoms with van der Waals surface area (Å²) in [5.41, 5.74) is 4.00. The van der Waals surface area contributed by atoms with E-state index in [2.05, 4.69) is 15.5 Å². The number of sulfonamides is 1. The Balaban J connectivity index is 2.82. The van der Waals surface area contributed by atoms with Crippen LogP contribution in [0.15, 0.2) is 29.2 Å². The lowest BCUT2D eigenvalue weighted by Gasteiger charge is -2.21. The molecule has 1 aromatic carbocycles. The molecule has 0 unspecified atom stereocenters. The molecule has 9 nitrogen and oxygen atoms in total. The summed E-state index contributed by atoms with van der Waals surface area (Å²) < 4.78 is 27.2. The fourth-order valence-corrected chi connectivity index (χ4v) is 3.59. The van der Waals surface area contributed by atoms with E-state index in [0.29, 0.717) is 0 Å². The fourth-order valence-electron chi connectivity index (χ4n) is 1.94. The number of benzene rings is 1. The average molecular weight is 419 g/mol. The Morgan fingerprint density at radius 3 is 2.15 bits per heavy atom. The molecule has 0 aromatic heterocycles. The Morgan fingerprint density at radius 1 is 1.00 bits per heavy atom. The molecule has 11 heteroatoms. The number of hydrogen-bond acceptors (Lipinski definition) is 5. The van der Waals surface area contributed by atoms with Crippen molar-refractivity contribution in [3.8, 4) is 0 Å². The van der Waals surface area contributed by atoms with Crippen LogP contribution in [-0.2, 0) is 24.4 Å². The normalized spacial score (nSPS) is 12.6. The van der Waals surface area contributed by atoms with Crippen molar-refractivity contribution < 1.29 is 22.8 Å². The summed E-state index contributed by atoms with van der Waals surface area (Å²) in [5.74, 6) is -3.26. The van der Waals surface area contributed by atoms with Crippen LogP contribution in [0.2, 0.25) is 5.02 Å². The molecule has 1 atom stereocenters. The monoisotopic (exact) mass is 418 g/mol. The third kappa shape index (κ3) is 7.16. The summed E-state index contributed by atoms with van der Waals surface area (Å²) >= 11 is 5.81. The molecule has 1 rings (SSSR count). The van der Waals surface area contributed by atoms with Crippen LogP contribution in [0.4, 0.5) is 0 Å². The molecule has 0 aliphatic rings. The van der Waals surface area contributed by atoms with Crippen molar-refractivity contribution in [1.82, 2.24) is 20.9 Å². The molecule has 1 aromatic rings. The van der Waals surface area contributed by atoms with E-state index in [9.17, 15) is 22.8 Å². The average Bonchev–Trinajstić information content (AvgIpc) is 2.56. The van der Waals surface area contributed by atoms with Crippen LogP contribution in [-0.4, -0.2) is 38.2 Å². The maximum absolute atomic E-state index is 12.5. The van der Waals surface area contributed by atoms with E-state index in [1.807, 2.05) is 5.43 Å². The Kier molecular flexibility index (Phi) is 8.20. The highest BCUT2D eigenvalue weighted by Crippen LogP contribution is 2.16. The van der Waals surface area contributed by atoms with Crippen LogP contribution in [0.5, 0.6) is 0 Å². The summed E-state index contributed by atoms with van der Waals surface area (Å²) in [6.07, 6.45) is 0. The number of carbonyl (C=O) groups is 3. The van der Waals surface area contributed by atoms with Gasteiger partial charge in [-0.3, -0.25) is 25.2 Å². The van der Waals surface area contributed by atoms with E-state index >= 15 is 0 Å². The minimum atomic E-state index is -4.03. The number of rotatable bonds is 6. The molecule has 0 heterocycles. The van der Waals surface area contributed by atoms with Gasteiger partial charge in [-0.05, 0) is 38.0 Å². The minimum Gasteiger partial charge on any atom is -0.346 e. The van der Waals surface area contributed by atoms with E-state index in [1.54, 1.807) is 27.7 Å². The van der Waals surface area contributed by atoms with E-state index in [4.69, 9.17) is 11.6 Å². The minimum absolute atomic E-state index is 0.103. The van der Waals surface area contributed by atoms with Crippen LogP contribution in [0, 0.1) is 5.92 Å². The van der Waals surface area contributed by atoms with Crippen molar-refractivity contribution >= 4 is 39.3 Å². The van der Waals surface area contributed by atoms with Crippen molar-refractivity contribution in [2.75, 3.05) is 0 Å². The van der Waals surface area contributed by atoms with Gasteiger partial charge < -0.3 is 5.32 Å². The van der Waals surface area contributed by atoms with E-state index in [0.717, 1.165) is 0 Å². The van der Waals surface area contributed by atoms with Gasteiger partial charge in [0.15, 0.2) is 0 Å². The van der Waals surface area contributed by atoms with E-state index < -0.39 is 39.7 Å². The Labute approximate surface area is 163 Å². The smallest absolute Gasteiger partial charge is 0.327 e. The van der Waals surface area contributed by atoms with Gasteiger partial charge in [-0.15, -0.1) is 0 Å². The third-order valence-electron chi connectivity index (χ3n) is 3.26. The van der Waals surface area contributed by atoms with Crippen molar-refractivity contribution in [3.63, 3.8) is 0 Å². The highest BCUT2D eigenvalue weighted by Gasteiger charge is 2.29. The van der Waals surface area contributed by atoms with Crippen molar-refractivity contribution in [2.24, 2.45) is 5.92 Å². The van der Waals surface area contributed by atoms with Gasteiger partial charge in [0, 0.05) is 11.1 Å². The summed E-state index contributed by atoms with van der Waals surface area (Å²) in [4.78, 5) is 35.3. The maximum atomic E-state index is 12.5. The second-order valence-electron chi connectivity index (χ2n) is 6.37. The van der Waals surface area contributed by atoms with E-state index in [1.165, 1.54) is 24.3 Å². The predicted molar refractivity (Wildman–Crippen MR) is 100.0 cm³/mol. The van der Waals surface area contributed by atoms with Gasteiger partial charge in [0.25, 0.3) is 5.91 Å². The highest BCUT2D eigenvalue weighted by molar-refractivity contribution is 7.89. The first-order valence-electron chi connectivity index (χ1n) is 8.12. The third-order valence-corrected chi connectivity index (χ3v) is 4.94. The van der Waals surface area contributed by atoms with Crippen LogP contribution in [0.1, 0.15) is 27.7 Å². The van der Waals surface area contributed by atoms with Gasteiger partial charge in [0.1, 0.15) is 6.04 Å². The molecule has 3 amide bonds. The maximum Gasteiger partial charge on any atom is 0.327 e. The second-order valence-corrected chi connectivity index (χ2v) is 8.52. The standard InChI is InChI=1S/C16H23ClN4O5S/c1-9(2)13(14(22)19-20-16(24)15(23)18-10(3)4)21-27(25,26)12-7-5-6-11(17)8-12/h5-10,13,21H,1-4H3,(H,18,23)(H,19,22)(H,20,24)/t13-/m0/s1. The largest absolute Gasteiger partial charge is 0.346 e. The Hall–Kier alpha value is -2.17. The summed E-state index contributed by atoms with van der Waals surface area (Å²) in [7, 11) is -4.03. The fraction of sp³-hybridized carbons (Fsp3) is 0.438. The number of carbonyl (C=O) groups excluding carboxylic acids is 3. The van der Waals surface area contributed by atoms with Crippen molar-refractivity contribution in [1.29, 1.82) is 0 Å². The number of nitrogens with one attached hydrogen (secondary N) is 4. The molecular formula is C16H23ClN4O5S. The van der Waals surface area contributed by atoms with Crippen molar-refractivity contribution in [2.45, 2.75) is 44.7 Å². The first-order valence-corrected chi connectivity index (χ1v) is 9.98. The zero-order valence-electron chi connectivity index (χ0n) is 15.4. The summed E-state index contributed by atoms with van der Waals surface area (Å²) in [5, 5.41) is 2.59. The number of amides is 3. The SMILES string of the molecule is CC(C)NC(=O)C(=O)NNC(=O)[C@@H](NS(=O)(=O)c1cccc(Cl)c1)C(C)C. The predicted octanol–water partition coefficient (Wildman–Crippen LogP) is 0.315. The van der Waals surface area contributed by atoms with E-state index in [-0.39, 0.29) is 16.0 Å². The molecule has 0 radical (unpaired) electrons. The molecule has 0 saturated carbocycles. The highest BCUT2D eigenvalue weighted by atomic mass is 35.5. The lowest BCUT2D eigenvalue weighted by molar-refractivity contribution is -0.141. The molecule has 0 spiro atoms. The van der Waals surface area contributed by atoms with Gasteiger partial charge in [-0.25, -0.2) is 8.42 Å². The summed E-state index contributed by atoms with van der Waals surface area (Å²) in [6, 6.07) is 4.12. The molecule has 0 aliphatic heterocycles. The van der Waals surface area contributed by atoms with Crippen LogP contribution in [0.25, 0.3) is 0 Å². The number of halogens is 1. The van der Waals surface area contributed by atoms with Gasteiger partial charge in [0.05, 0.1) is 4.90 Å². The molecule has 0 bridgehead atoms. The van der Waals surface area contributed by atoms with Crippen LogP contribution >= 0.6 is 11.6 Å². The van der Waals surface area contributed by atoms with Gasteiger partial charge >= 0.3 is 11.8 Å². The molecule has 150 valence electrons. The Morgan fingerprint density at radius 2 is 1.63 bits per heavy atom. The molecule has 27 heavy (non-hydrogen) atoms. The van der Waals surface area contributed by atoms with Gasteiger partial charge in [0.2, 0.25) is 10.0 Å². The topological polar surface area (TPSA) is 133 Å². The molecule has 0 aliphatic carbocycles. The lowest BCUT2D eigenvalue weighted by atomic mass is 10.1. The van der Waals surface area contributed by atoms with Gasteiger partial charge in [-0.2, -0.15) is 4.72 Å². The Bertz CT molecular complexity index is 811.